The molecule has 1 atom stereocenters. The Balaban J connectivity index is 0.00000178. The van der Waals surface area contributed by atoms with Gasteiger partial charge in [0.2, 0.25) is 0 Å². The van der Waals surface area contributed by atoms with Crippen molar-refractivity contribution < 1.29 is 17.5 Å². The number of sulfonamides is 1. The van der Waals surface area contributed by atoms with Crippen molar-refractivity contribution in [1.29, 1.82) is 0 Å². The third kappa shape index (κ3) is 4.64. The highest BCUT2D eigenvalue weighted by Gasteiger charge is 2.39. The molecule has 10 heteroatoms. The number of nitrogens with one attached hydrogen (secondary N) is 3. The standard InChI is InChI=1S/C26H28N6O3S.3H2/c1-17-15-26(2,3)32(16-17)24-20(6-5-12-28-24)25(33)31-36(34,35)23-8-4-7-22(30-23)29-19-9-10-21-18(14-19)11-13-27-21;;;/h4-14,17,27H,15-16H2,1-3H3,(H,29,30)(H,31,33);3*1H. The van der Waals surface area contributed by atoms with Gasteiger partial charge in [-0.25, -0.2) is 14.7 Å². The lowest BCUT2D eigenvalue weighted by atomic mass is 9.97. The minimum atomic E-state index is -4.23. The van der Waals surface area contributed by atoms with Crippen molar-refractivity contribution in [2.75, 3.05) is 16.8 Å². The Kier molecular flexibility index (Phi) is 5.91. The van der Waals surface area contributed by atoms with E-state index in [9.17, 15) is 13.2 Å². The summed E-state index contributed by atoms with van der Waals surface area (Å²) in [6.07, 6.45) is 4.41. The Morgan fingerprint density at radius 3 is 2.78 bits per heavy atom. The largest absolute Gasteiger partial charge is 0.361 e. The summed E-state index contributed by atoms with van der Waals surface area (Å²) in [6.45, 7) is 7.08. The van der Waals surface area contributed by atoms with E-state index in [4.69, 9.17) is 0 Å². The number of aromatic nitrogens is 3. The Labute approximate surface area is 214 Å². The average molecular weight is 511 g/mol. The fraction of sp³-hybridized carbons (Fsp3) is 0.269. The van der Waals surface area contributed by atoms with Gasteiger partial charge in [-0.15, -0.1) is 0 Å². The molecule has 0 saturated carbocycles. The summed E-state index contributed by atoms with van der Waals surface area (Å²) in [6, 6.07) is 15.5. The maximum absolute atomic E-state index is 13.2. The fourth-order valence-electron chi connectivity index (χ4n) is 4.89. The fourth-order valence-corrected chi connectivity index (χ4v) is 5.83. The van der Waals surface area contributed by atoms with E-state index < -0.39 is 15.9 Å². The van der Waals surface area contributed by atoms with Crippen molar-refractivity contribution in [3.8, 4) is 0 Å². The number of rotatable bonds is 6. The van der Waals surface area contributed by atoms with Gasteiger partial charge in [0.05, 0.1) is 5.56 Å². The van der Waals surface area contributed by atoms with Gasteiger partial charge in [-0.2, -0.15) is 8.42 Å². The first-order valence-electron chi connectivity index (χ1n) is 11.7. The van der Waals surface area contributed by atoms with Gasteiger partial charge in [-0.3, -0.25) is 4.79 Å². The van der Waals surface area contributed by atoms with Crippen molar-refractivity contribution in [3.63, 3.8) is 0 Å². The second-order valence-electron chi connectivity index (χ2n) is 9.81. The molecule has 1 aliphatic rings. The number of carbonyl (C=O) groups excluding carboxylic acids is 1. The van der Waals surface area contributed by atoms with Gasteiger partial charge in [-0.05, 0) is 74.7 Å². The van der Waals surface area contributed by atoms with Gasteiger partial charge in [0, 0.05) is 45.3 Å². The van der Waals surface area contributed by atoms with Crippen molar-refractivity contribution in [1.82, 2.24) is 19.7 Å². The predicted octanol–water partition coefficient (Wildman–Crippen LogP) is 5.18. The summed E-state index contributed by atoms with van der Waals surface area (Å²) in [5.41, 5.74) is 1.76. The Morgan fingerprint density at radius 2 is 2.00 bits per heavy atom. The van der Waals surface area contributed by atoms with Gasteiger partial charge < -0.3 is 15.2 Å². The molecule has 192 valence electrons. The first kappa shape index (κ1) is 23.8. The predicted molar refractivity (Wildman–Crippen MR) is 146 cm³/mol. The lowest BCUT2D eigenvalue weighted by molar-refractivity contribution is 0.0981. The van der Waals surface area contributed by atoms with Crippen LogP contribution in [0, 0.1) is 5.92 Å². The van der Waals surface area contributed by atoms with Crippen molar-refractivity contribution in [2.45, 2.75) is 37.8 Å². The number of amides is 1. The van der Waals surface area contributed by atoms with E-state index >= 15 is 0 Å². The lowest BCUT2D eigenvalue weighted by Gasteiger charge is -2.33. The first-order valence-corrected chi connectivity index (χ1v) is 13.2. The maximum atomic E-state index is 13.2. The lowest BCUT2D eigenvalue weighted by Crippen LogP contribution is -2.41. The minimum Gasteiger partial charge on any atom is -0.361 e. The van der Waals surface area contributed by atoms with Crippen molar-refractivity contribution in [3.05, 3.63) is 72.6 Å². The summed E-state index contributed by atoms with van der Waals surface area (Å²) < 4.78 is 28.4. The molecule has 1 aliphatic heterocycles. The van der Waals surface area contributed by atoms with E-state index in [1.807, 2.05) is 30.5 Å². The average Bonchev–Trinajstić information content (AvgIpc) is 3.41. The molecule has 0 aliphatic carbocycles. The normalized spacial score (nSPS) is 17.3. The molecule has 1 saturated heterocycles. The highest BCUT2D eigenvalue weighted by atomic mass is 32.2. The summed E-state index contributed by atoms with van der Waals surface area (Å²) in [7, 11) is -4.23. The minimum absolute atomic E-state index is 0. The van der Waals surface area contributed by atoms with Gasteiger partial charge in [-0.1, -0.05) is 13.0 Å². The molecule has 0 bridgehead atoms. The molecular formula is C26H34N6O3S. The SMILES string of the molecule is CC1CN(c2ncccc2C(=O)NS(=O)(=O)c2cccc(Nc3ccc4[nH]ccc4c3)n2)C(C)(C)C1.[HH].[HH].[HH]. The van der Waals surface area contributed by atoms with Crippen LogP contribution in [0.4, 0.5) is 17.3 Å². The summed E-state index contributed by atoms with van der Waals surface area (Å²) in [5, 5.41) is 3.88. The molecule has 5 rings (SSSR count). The van der Waals surface area contributed by atoms with Crippen LogP contribution < -0.4 is 14.9 Å². The summed E-state index contributed by atoms with van der Waals surface area (Å²) >= 11 is 0. The molecule has 0 radical (unpaired) electrons. The van der Waals surface area contributed by atoms with E-state index in [1.54, 1.807) is 30.5 Å². The third-order valence-corrected chi connectivity index (χ3v) is 7.64. The Hall–Kier alpha value is -3.92. The van der Waals surface area contributed by atoms with Crippen LogP contribution >= 0.6 is 0 Å². The molecule has 9 nitrogen and oxygen atoms in total. The maximum Gasteiger partial charge on any atom is 0.281 e. The quantitative estimate of drug-likeness (QED) is 0.327. The van der Waals surface area contributed by atoms with Crippen LogP contribution in [0.15, 0.2) is 72.0 Å². The van der Waals surface area contributed by atoms with Gasteiger partial charge in [0.25, 0.3) is 15.9 Å². The monoisotopic (exact) mass is 510 g/mol. The van der Waals surface area contributed by atoms with E-state index in [2.05, 4.69) is 50.7 Å². The van der Waals surface area contributed by atoms with E-state index in [-0.39, 0.29) is 20.4 Å². The molecule has 4 aromatic rings. The number of carbonyl (C=O) groups is 1. The van der Waals surface area contributed by atoms with Crippen LogP contribution in [-0.4, -0.2) is 41.4 Å². The van der Waals surface area contributed by atoms with Crippen LogP contribution in [-0.2, 0) is 10.0 Å². The number of pyridine rings is 2. The zero-order valence-corrected chi connectivity index (χ0v) is 21.1. The number of nitrogens with zero attached hydrogens (tertiary/aromatic N) is 3. The number of aromatic amines is 1. The summed E-state index contributed by atoms with van der Waals surface area (Å²) in [5.74, 6) is 0.503. The zero-order valence-electron chi connectivity index (χ0n) is 20.3. The van der Waals surface area contributed by atoms with Crippen LogP contribution in [0.2, 0.25) is 0 Å². The molecule has 0 spiro atoms. The number of hydrogen-bond donors (Lipinski definition) is 3. The molecule has 3 N–H and O–H groups in total. The number of anilines is 3. The number of hydrogen-bond acceptors (Lipinski definition) is 7. The number of fused-ring (bicyclic) bond motifs is 1. The highest BCUT2D eigenvalue weighted by Crippen LogP contribution is 2.37. The molecule has 1 fully saturated rings. The number of benzene rings is 1. The van der Waals surface area contributed by atoms with Crippen molar-refractivity contribution >= 4 is 44.2 Å². The molecule has 4 heterocycles. The second-order valence-corrected chi connectivity index (χ2v) is 11.4. The van der Waals surface area contributed by atoms with E-state index in [0.29, 0.717) is 17.6 Å². The molecule has 3 aromatic heterocycles. The van der Waals surface area contributed by atoms with Crippen LogP contribution in [0.5, 0.6) is 0 Å². The molecule has 1 amide bonds. The van der Waals surface area contributed by atoms with Crippen LogP contribution in [0.3, 0.4) is 0 Å². The van der Waals surface area contributed by atoms with Crippen molar-refractivity contribution in [2.24, 2.45) is 5.92 Å². The number of H-pyrrole nitrogens is 1. The third-order valence-electron chi connectivity index (χ3n) is 6.41. The first-order chi connectivity index (χ1) is 17.1. The zero-order chi connectivity index (χ0) is 25.5. The van der Waals surface area contributed by atoms with Gasteiger partial charge in [0.1, 0.15) is 11.6 Å². The Bertz CT molecular complexity index is 1560. The van der Waals surface area contributed by atoms with Crippen LogP contribution in [0.25, 0.3) is 10.9 Å². The topological polar surface area (TPSA) is 120 Å². The molecule has 1 unspecified atom stereocenters. The molecule has 1 aromatic carbocycles. The highest BCUT2D eigenvalue weighted by molar-refractivity contribution is 7.90. The molecule has 36 heavy (non-hydrogen) atoms. The van der Waals surface area contributed by atoms with Gasteiger partial charge >= 0.3 is 0 Å². The van der Waals surface area contributed by atoms with Gasteiger partial charge in [0.15, 0.2) is 5.03 Å². The summed E-state index contributed by atoms with van der Waals surface area (Å²) in [4.78, 5) is 27.1. The van der Waals surface area contributed by atoms with Crippen LogP contribution in [0.1, 0.15) is 41.8 Å². The smallest absolute Gasteiger partial charge is 0.281 e. The van der Waals surface area contributed by atoms with E-state index in [0.717, 1.165) is 29.6 Å². The molecular weight excluding hydrogens is 476 g/mol. The second kappa shape index (κ2) is 8.94. The van der Waals surface area contributed by atoms with E-state index in [1.165, 1.54) is 6.07 Å². The Morgan fingerprint density at radius 1 is 1.17 bits per heavy atom.